The molecule has 1 rings (SSSR count). The molecule has 0 fully saturated rings. The largest absolute Gasteiger partial charge is 0.396 e. The number of ketones is 1. The number of ether oxygens (including phenoxy) is 1. The average molecular weight is 306 g/mol. The highest BCUT2D eigenvalue weighted by molar-refractivity contribution is 7.91. The van der Waals surface area contributed by atoms with Crippen LogP contribution in [0.4, 0.5) is 10.7 Å². The fourth-order valence-corrected chi connectivity index (χ4v) is 4.15. The van der Waals surface area contributed by atoms with Gasteiger partial charge in [-0.1, -0.05) is 6.92 Å². The van der Waals surface area contributed by atoms with E-state index in [4.69, 9.17) is 10.5 Å². The third-order valence-corrected chi connectivity index (χ3v) is 4.94. The molecule has 19 heavy (non-hydrogen) atoms. The monoisotopic (exact) mass is 306 g/mol. The summed E-state index contributed by atoms with van der Waals surface area (Å²) in [6.07, 6.45) is 1.36. The van der Waals surface area contributed by atoms with Crippen molar-refractivity contribution in [2.24, 2.45) is 0 Å². The first-order chi connectivity index (χ1) is 8.82. The first-order valence-corrected chi connectivity index (χ1v) is 8.42. The Morgan fingerprint density at radius 2 is 2.11 bits per heavy atom. The average Bonchev–Trinajstić information content (AvgIpc) is 2.65. The Hall–Kier alpha value is -1.12. The third-order valence-electron chi connectivity index (χ3n) is 2.44. The molecule has 0 aromatic carbocycles. The van der Waals surface area contributed by atoms with E-state index in [0.29, 0.717) is 23.0 Å². The molecule has 1 aromatic heterocycles. The number of carbonyl (C=O) groups is 1. The quantitative estimate of drug-likeness (QED) is 0.583. The molecule has 6 nitrogen and oxygen atoms in total. The molecule has 108 valence electrons. The molecule has 0 amide bonds. The Morgan fingerprint density at radius 1 is 1.47 bits per heavy atom. The van der Waals surface area contributed by atoms with E-state index in [-0.39, 0.29) is 22.8 Å². The second-order valence-electron chi connectivity index (χ2n) is 3.97. The van der Waals surface area contributed by atoms with E-state index in [0.717, 1.165) is 17.6 Å². The lowest BCUT2D eigenvalue weighted by Crippen LogP contribution is -2.10. The number of sulfone groups is 1. The van der Waals surface area contributed by atoms with E-state index in [9.17, 15) is 13.2 Å². The molecule has 0 spiro atoms. The van der Waals surface area contributed by atoms with Crippen LogP contribution < -0.4 is 11.1 Å². The second kappa shape index (κ2) is 6.36. The topological polar surface area (TPSA) is 98.5 Å². The van der Waals surface area contributed by atoms with Crippen LogP contribution in [0.15, 0.2) is 4.90 Å². The van der Waals surface area contributed by atoms with E-state index < -0.39 is 9.84 Å². The maximum Gasteiger partial charge on any atom is 0.180 e. The second-order valence-corrected chi connectivity index (χ2v) is 6.94. The highest BCUT2D eigenvalue weighted by Crippen LogP contribution is 2.39. The van der Waals surface area contributed by atoms with Gasteiger partial charge >= 0.3 is 0 Å². The maximum atomic E-state index is 11.8. The first-order valence-electron chi connectivity index (χ1n) is 5.71. The molecule has 0 unspecified atom stereocenters. The van der Waals surface area contributed by atoms with Gasteiger partial charge in [-0.3, -0.25) is 4.79 Å². The van der Waals surface area contributed by atoms with Gasteiger partial charge in [0.05, 0.1) is 17.2 Å². The molecular weight excluding hydrogens is 288 g/mol. The van der Waals surface area contributed by atoms with Gasteiger partial charge in [-0.2, -0.15) is 0 Å². The highest BCUT2D eigenvalue weighted by atomic mass is 32.2. The Kier molecular flexibility index (Phi) is 5.33. The Morgan fingerprint density at radius 3 is 2.58 bits per heavy atom. The number of rotatable bonds is 7. The van der Waals surface area contributed by atoms with Crippen molar-refractivity contribution < 1.29 is 17.9 Å². The Labute approximate surface area is 116 Å². The summed E-state index contributed by atoms with van der Waals surface area (Å²) in [6, 6.07) is 0. The van der Waals surface area contributed by atoms with Gasteiger partial charge in [-0.05, 0) is 0 Å². The molecule has 0 aliphatic rings. The van der Waals surface area contributed by atoms with Crippen LogP contribution in [0.2, 0.25) is 0 Å². The van der Waals surface area contributed by atoms with Crippen molar-refractivity contribution in [1.82, 2.24) is 0 Å². The number of nitrogen functional groups attached to an aromatic ring is 1. The summed E-state index contributed by atoms with van der Waals surface area (Å²) in [7, 11) is -1.94. The van der Waals surface area contributed by atoms with Gasteiger partial charge in [-0.15, -0.1) is 11.3 Å². The first kappa shape index (κ1) is 15.9. The minimum Gasteiger partial charge on any atom is -0.396 e. The van der Waals surface area contributed by atoms with Crippen molar-refractivity contribution in [1.29, 1.82) is 0 Å². The zero-order chi connectivity index (χ0) is 14.6. The molecule has 1 aromatic rings. The summed E-state index contributed by atoms with van der Waals surface area (Å²) in [4.78, 5) is 12.0. The van der Waals surface area contributed by atoms with Crippen molar-refractivity contribution in [3.8, 4) is 0 Å². The van der Waals surface area contributed by atoms with Crippen LogP contribution in [0.5, 0.6) is 0 Å². The minimum absolute atomic E-state index is 0.00500. The van der Waals surface area contributed by atoms with Crippen molar-refractivity contribution in [2.45, 2.75) is 18.2 Å². The van der Waals surface area contributed by atoms with Gasteiger partial charge in [0.25, 0.3) is 0 Å². The van der Waals surface area contributed by atoms with Crippen molar-refractivity contribution in [3.05, 3.63) is 4.88 Å². The van der Waals surface area contributed by atoms with Crippen molar-refractivity contribution in [3.63, 3.8) is 0 Å². The smallest absolute Gasteiger partial charge is 0.180 e. The van der Waals surface area contributed by atoms with E-state index >= 15 is 0 Å². The maximum absolute atomic E-state index is 11.8. The number of methoxy groups -OCH3 is 1. The standard InChI is InChI=1S/C11H18N2O4S2/c1-4-7(14)9-8(12)10(19(3,15)16)11(18-9)13-5-6-17-2/h13H,4-6,12H2,1-3H3. The Bertz CT molecular complexity index is 563. The van der Waals surface area contributed by atoms with E-state index in [1.807, 2.05) is 0 Å². The lowest BCUT2D eigenvalue weighted by Gasteiger charge is -2.05. The molecule has 3 N–H and O–H groups in total. The molecule has 0 saturated carbocycles. The van der Waals surface area contributed by atoms with Crippen LogP contribution in [0.25, 0.3) is 0 Å². The number of Topliss-reactive ketones (excluding diaryl/α,β-unsaturated/α-hetero) is 1. The summed E-state index contributed by atoms with van der Waals surface area (Å²) < 4.78 is 28.4. The van der Waals surface area contributed by atoms with Crippen LogP contribution in [0.1, 0.15) is 23.0 Å². The number of carbonyl (C=O) groups excluding carboxylic acids is 1. The lowest BCUT2D eigenvalue weighted by molar-refractivity contribution is 0.0992. The number of nitrogens with two attached hydrogens (primary N) is 1. The van der Waals surface area contributed by atoms with E-state index in [2.05, 4.69) is 5.32 Å². The minimum atomic E-state index is -3.49. The van der Waals surface area contributed by atoms with Crippen molar-refractivity contribution >= 4 is 37.6 Å². The number of anilines is 2. The molecule has 0 aliphatic heterocycles. The summed E-state index contributed by atoms with van der Waals surface area (Å²) in [5, 5.41) is 3.34. The molecule has 0 saturated heterocycles. The van der Waals surface area contributed by atoms with Crippen LogP contribution in [0.3, 0.4) is 0 Å². The van der Waals surface area contributed by atoms with Crippen LogP contribution in [-0.4, -0.2) is 40.7 Å². The van der Waals surface area contributed by atoms with Gasteiger partial charge in [-0.25, -0.2) is 8.42 Å². The molecule has 0 atom stereocenters. The predicted octanol–water partition coefficient (Wildman–Crippen LogP) is 1.38. The van der Waals surface area contributed by atoms with Crippen LogP contribution >= 0.6 is 11.3 Å². The van der Waals surface area contributed by atoms with Gasteiger partial charge in [0.2, 0.25) is 0 Å². The van der Waals surface area contributed by atoms with Gasteiger partial charge in [0.1, 0.15) is 9.90 Å². The fourth-order valence-electron chi connectivity index (χ4n) is 1.55. The van der Waals surface area contributed by atoms with Crippen molar-refractivity contribution in [2.75, 3.05) is 37.6 Å². The molecule has 8 heteroatoms. The summed E-state index contributed by atoms with van der Waals surface area (Å²) in [5.74, 6) is -0.160. The van der Waals surface area contributed by atoms with E-state index in [1.165, 1.54) is 0 Å². The summed E-state index contributed by atoms with van der Waals surface area (Å²) in [5.41, 5.74) is 5.85. The molecule has 1 heterocycles. The summed E-state index contributed by atoms with van der Waals surface area (Å²) >= 11 is 1.08. The predicted molar refractivity (Wildman–Crippen MR) is 76.8 cm³/mol. The Balaban J connectivity index is 3.24. The number of hydrogen-bond acceptors (Lipinski definition) is 7. The summed E-state index contributed by atoms with van der Waals surface area (Å²) in [6.45, 7) is 2.58. The van der Waals surface area contributed by atoms with Gasteiger partial charge in [0.15, 0.2) is 15.6 Å². The molecule has 0 aliphatic carbocycles. The highest BCUT2D eigenvalue weighted by Gasteiger charge is 2.26. The fraction of sp³-hybridized carbons (Fsp3) is 0.545. The van der Waals surface area contributed by atoms with Gasteiger partial charge in [0, 0.05) is 26.3 Å². The molecule has 0 radical (unpaired) electrons. The van der Waals surface area contributed by atoms with Crippen LogP contribution in [-0.2, 0) is 14.6 Å². The van der Waals surface area contributed by atoms with Gasteiger partial charge < -0.3 is 15.8 Å². The SMILES string of the molecule is CCC(=O)c1sc(NCCOC)c(S(C)(=O)=O)c1N. The molecule has 0 bridgehead atoms. The van der Waals surface area contributed by atoms with E-state index in [1.54, 1.807) is 14.0 Å². The normalized spacial score (nSPS) is 11.5. The molecular formula is C11H18N2O4S2. The lowest BCUT2D eigenvalue weighted by atomic mass is 10.2. The number of nitrogens with one attached hydrogen (secondary N) is 1. The number of thiophene rings is 1. The zero-order valence-corrected chi connectivity index (χ0v) is 12.8. The third kappa shape index (κ3) is 3.68. The van der Waals surface area contributed by atoms with Crippen LogP contribution in [0, 0.1) is 0 Å². The number of hydrogen-bond donors (Lipinski definition) is 2. The zero-order valence-electron chi connectivity index (χ0n) is 11.1.